The van der Waals surface area contributed by atoms with Crippen LogP contribution in [-0.2, 0) is 0 Å². The molecule has 0 aromatic heterocycles. The smallest absolute Gasteiger partial charge is 0.196 e. The Labute approximate surface area is 122 Å². The summed E-state index contributed by atoms with van der Waals surface area (Å²) in [6.07, 6.45) is 0. The standard InChI is InChI=1S/C14H8BrClF2O/c1-7-4-8(2-3-12(7)17)14(19)9-5-11(16)10(15)6-13(9)18/h2-6H,1H3. The molecule has 0 unspecified atom stereocenters. The van der Waals surface area contributed by atoms with Crippen molar-refractivity contribution in [1.29, 1.82) is 0 Å². The Bertz CT molecular complexity index is 671. The molecule has 0 saturated heterocycles. The van der Waals surface area contributed by atoms with E-state index in [1.54, 1.807) is 0 Å². The molecule has 0 bridgehead atoms. The van der Waals surface area contributed by atoms with Gasteiger partial charge in [0, 0.05) is 10.0 Å². The Morgan fingerprint density at radius 2 is 1.84 bits per heavy atom. The van der Waals surface area contributed by atoms with Crippen LogP contribution < -0.4 is 0 Å². The summed E-state index contributed by atoms with van der Waals surface area (Å²) in [6.45, 7) is 1.54. The number of halogens is 4. The minimum atomic E-state index is -0.678. The van der Waals surface area contributed by atoms with Crippen LogP contribution in [0.2, 0.25) is 5.02 Å². The van der Waals surface area contributed by atoms with Crippen molar-refractivity contribution in [3.8, 4) is 0 Å². The lowest BCUT2D eigenvalue weighted by Gasteiger charge is -2.06. The number of hydrogen-bond donors (Lipinski definition) is 0. The Balaban J connectivity index is 2.49. The van der Waals surface area contributed by atoms with Gasteiger partial charge in [-0.1, -0.05) is 11.6 Å². The lowest BCUT2D eigenvalue weighted by molar-refractivity contribution is 0.103. The van der Waals surface area contributed by atoms with Crippen LogP contribution in [0.4, 0.5) is 8.78 Å². The summed E-state index contributed by atoms with van der Waals surface area (Å²) in [4.78, 5) is 12.2. The maximum atomic E-state index is 13.8. The minimum absolute atomic E-state index is 0.140. The highest BCUT2D eigenvalue weighted by Gasteiger charge is 2.17. The van der Waals surface area contributed by atoms with Gasteiger partial charge in [-0.25, -0.2) is 8.78 Å². The Morgan fingerprint density at radius 3 is 2.47 bits per heavy atom. The zero-order chi connectivity index (χ0) is 14.2. The third-order valence-corrected chi connectivity index (χ3v) is 3.87. The van der Waals surface area contributed by atoms with E-state index >= 15 is 0 Å². The van der Waals surface area contributed by atoms with Crippen LogP contribution in [0.1, 0.15) is 21.5 Å². The summed E-state index contributed by atoms with van der Waals surface area (Å²) < 4.78 is 27.3. The van der Waals surface area contributed by atoms with Crippen LogP contribution in [0.25, 0.3) is 0 Å². The third kappa shape index (κ3) is 2.85. The molecule has 0 N–H and O–H groups in total. The molecule has 0 amide bonds. The second-order valence-corrected chi connectivity index (χ2v) is 5.30. The average Bonchev–Trinajstić information content (AvgIpc) is 2.36. The molecule has 0 saturated carbocycles. The van der Waals surface area contributed by atoms with Crippen molar-refractivity contribution in [2.45, 2.75) is 6.92 Å². The molecule has 0 aliphatic heterocycles. The van der Waals surface area contributed by atoms with Crippen molar-refractivity contribution in [1.82, 2.24) is 0 Å². The van der Waals surface area contributed by atoms with E-state index in [1.165, 1.54) is 31.2 Å². The van der Waals surface area contributed by atoms with Crippen molar-refractivity contribution in [2.75, 3.05) is 0 Å². The van der Waals surface area contributed by atoms with Crippen LogP contribution in [0, 0.1) is 18.6 Å². The fourth-order valence-electron chi connectivity index (χ4n) is 1.64. The second kappa shape index (κ2) is 5.39. The first-order valence-corrected chi connectivity index (χ1v) is 6.52. The SMILES string of the molecule is Cc1cc(C(=O)c2cc(Cl)c(Br)cc2F)ccc1F. The maximum Gasteiger partial charge on any atom is 0.196 e. The number of aryl methyl sites for hydroxylation is 1. The van der Waals surface area contributed by atoms with Gasteiger partial charge in [0.1, 0.15) is 11.6 Å². The molecule has 2 aromatic carbocycles. The van der Waals surface area contributed by atoms with E-state index in [2.05, 4.69) is 15.9 Å². The van der Waals surface area contributed by atoms with Crippen molar-refractivity contribution < 1.29 is 13.6 Å². The van der Waals surface area contributed by atoms with Gasteiger partial charge in [0.15, 0.2) is 5.78 Å². The van der Waals surface area contributed by atoms with E-state index in [9.17, 15) is 13.6 Å². The third-order valence-electron chi connectivity index (χ3n) is 2.67. The summed E-state index contributed by atoms with van der Waals surface area (Å²) in [6, 6.07) is 6.27. The van der Waals surface area contributed by atoms with Crippen LogP contribution in [-0.4, -0.2) is 5.78 Å². The van der Waals surface area contributed by atoms with Gasteiger partial charge < -0.3 is 0 Å². The number of hydrogen-bond acceptors (Lipinski definition) is 1. The first-order chi connectivity index (χ1) is 8.90. The topological polar surface area (TPSA) is 17.1 Å². The van der Waals surface area contributed by atoms with E-state index in [1.807, 2.05) is 0 Å². The normalized spacial score (nSPS) is 10.6. The highest BCUT2D eigenvalue weighted by atomic mass is 79.9. The summed E-state index contributed by atoms with van der Waals surface area (Å²) in [5.74, 6) is -1.62. The van der Waals surface area contributed by atoms with E-state index in [0.29, 0.717) is 10.0 Å². The van der Waals surface area contributed by atoms with Gasteiger partial charge >= 0.3 is 0 Å². The lowest BCUT2D eigenvalue weighted by Crippen LogP contribution is -2.05. The molecule has 98 valence electrons. The van der Waals surface area contributed by atoms with Crippen LogP contribution in [0.15, 0.2) is 34.8 Å². The Kier molecular flexibility index (Phi) is 4.02. The van der Waals surface area contributed by atoms with Crippen LogP contribution in [0.5, 0.6) is 0 Å². The molecule has 1 nitrogen and oxygen atoms in total. The van der Waals surface area contributed by atoms with Gasteiger partial charge in [-0.15, -0.1) is 0 Å². The minimum Gasteiger partial charge on any atom is -0.288 e. The Morgan fingerprint density at radius 1 is 1.16 bits per heavy atom. The fourth-order valence-corrected chi connectivity index (χ4v) is 2.12. The monoisotopic (exact) mass is 344 g/mol. The van der Waals surface area contributed by atoms with Gasteiger partial charge in [-0.2, -0.15) is 0 Å². The molecule has 0 fully saturated rings. The molecule has 0 radical (unpaired) electrons. The number of carbonyl (C=O) groups is 1. The van der Waals surface area contributed by atoms with Gasteiger partial charge in [-0.3, -0.25) is 4.79 Å². The van der Waals surface area contributed by atoms with Crippen LogP contribution in [0.3, 0.4) is 0 Å². The first-order valence-electron chi connectivity index (χ1n) is 5.35. The average molecular weight is 346 g/mol. The molecule has 0 spiro atoms. The predicted molar refractivity (Wildman–Crippen MR) is 73.7 cm³/mol. The van der Waals surface area contributed by atoms with Crippen LogP contribution >= 0.6 is 27.5 Å². The number of benzene rings is 2. The summed E-state index contributed by atoms with van der Waals surface area (Å²) >= 11 is 8.92. The van der Waals surface area contributed by atoms with E-state index < -0.39 is 17.4 Å². The Hall–Kier alpha value is -1.26. The molecule has 0 aliphatic rings. The molecule has 2 rings (SSSR count). The predicted octanol–water partition coefficient (Wildman–Crippen LogP) is 4.92. The lowest BCUT2D eigenvalue weighted by atomic mass is 10.0. The zero-order valence-electron chi connectivity index (χ0n) is 9.81. The molecule has 0 heterocycles. The van der Waals surface area contributed by atoms with Crippen molar-refractivity contribution in [2.24, 2.45) is 0 Å². The van der Waals surface area contributed by atoms with Gasteiger partial charge in [0.25, 0.3) is 0 Å². The largest absolute Gasteiger partial charge is 0.288 e. The van der Waals surface area contributed by atoms with E-state index in [0.717, 1.165) is 6.07 Å². The number of ketones is 1. The van der Waals surface area contributed by atoms with Crippen molar-refractivity contribution in [3.63, 3.8) is 0 Å². The molecule has 5 heteroatoms. The van der Waals surface area contributed by atoms with Crippen molar-refractivity contribution in [3.05, 3.63) is 68.2 Å². The molecule has 19 heavy (non-hydrogen) atoms. The molecule has 0 aliphatic carbocycles. The highest BCUT2D eigenvalue weighted by molar-refractivity contribution is 9.10. The highest BCUT2D eigenvalue weighted by Crippen LogP contribution is 2.27. The van der Waals surface area contributed by atoms with E-state index in [-0.39, 0.29) is 16.1 Å². The molecular formula is C14H8BrClF2O. The fraction of sp³-hybridized carbons (Fsp3) is 0.0714. The summed E-state index contributed by atoms with van der Waals surface area (Å²) in [5.41, 5.74) is 0.407. The molecular weight excluding hydrogens is 338 g/mol. The quantitative estimate of drug-likeness (QED) is 0.558. The second-order valence-electron chi connectivity index (χ2n) is 4.04. The van der Waals surface area contributed by atoms with Gasteiger partial charge in [0.05, 0.1) is 10.6 Å². The summed E-state index contributed by atoms with van der Waals surface area (Å²) in [5, 5.41) is 0.239. The number of rotatable bonds is 2. The summed E-state index contributed by atoms with van der Waals surface area (Å²) in [7, 11) is 0. The van der Waals surface area contributed by atoms with E-state index in [4.69, 9.17) is 11.6 Å². The zero-order valence-corrected chi connectivity index (χ0v) is 12.1. The van der Waals surface area contributed by atoms with Gasteiger partial charge in [0.2, 0.25) is 0 Å². The molecule has 0 atom stereocenters. The maximum absolute atomic E-state index is 13.8. The molecule has 2 aromatic rings. The van der Waals surface area contributed by atoms with Crippen molar-refractivity contribution >= 4 is 33.3 Å². The number of carbonyl (C=O) groups excluding carboxylic acids is 1. The first kappa shape index (κ1) is 14.2. The van der Waals surface area contributed by atoms with Gasteiger partial charge in [-0.05, 0) is 58.7 Å².